The SMILES string of the molecule is Cc1cc(NC(=S)N[C@@H]2CCCc3ccccc32)ccc1N1CCCC1=O. The van der Waals surface area contributed by atoms with Gasteiger partial charge < -0.3 is 15.5 Å². The van der Waals surface area contributed by atoms with Crippen LogP contribution in [0.3, 0.4) is 0 Å². The van der Waals surface area contributed by atoms with Crippen molar-refractivity contribution in [2.75, 3.05) is 16.8 Å². The van der Waals surface area contributed by atoms with Crippen LogP contribution in [0.1, 0.15) is 48.4 Å². The quantitative estimate of drug-likeness (QED) is 0.772. The van der Waals surface area contributed by atoms with Crippen molar-refractivity contribution in [1.29, 1.82) is 0 Å². The molecule has 0 spiro atoms. The average molecular weight is 380 g/mol. The zero-order valence-electron chi connectivity index (χ0n) is 15.6. The van der Waals surface area contributed by atoms with Crippen molar-refractivity contribution in [3.8, 4) is 0 Å². The molecule has 1 aliphatic carbocycles. The van der Waals surface area contributed by atoms with Crippen LogP contribution in [0.25, 0.3) is 0 Å². The summed E-state index contributed by atoms with van der Waals surface area (Å²) >= 11 is 5.56. The molecule has 1 amide bonds. The predicted molar refractivity (Wildman–Crippen MR) is 114 cm³/mol. The van der Waals surface area contributed by atoms with Crippen molar-refractivity contribution in [2.24, 2.45) is 0 Å². The molecule has 5 heteroatoms. The summed E-state index contributed by atoms with van der Waals surface area (Å²) in [4.78, 5) is 13.9. The molecule has 1 atom stereocenters. The molecule has 0 aromatic heterocycles. The predicted octanol–water partition coefficient (Wildman–Crippen LogP) is 4.49. The second kappa shape index (κ2) is 7.69. The number of hydrogen-bond acceptors (Lipinski definition) is 2. The van der Waals surface area contributed by atoms with E-state index in [9.17, 15) is 4.79 Å². The molecule has 2 aliphatic rings. The minimum Gasteiger partial charge on any atom is -0.356 e. The Hall–Kier alpha value is -2.40. The van der Waals surface area contributed by atoms with Gasteiger partial charge in [0.1, 0.15) is 0 Å². The highest BCUT2D eigenvalue weighted by Crippen LogP contribution is 2.30. The van der Waals surface area contributed by atoms with Gasteiger partial charge in [-0.2, -0.15) is 0 Å². The Morgan fingerprint density at radius 2 is 2.00 bits per heavy atom. The van der Waals surface area contributed by atoms with Crippen LogP contribution in [-0.2, 0) is 11.2 Å². The van der Waals surface area contributed by atoms with E-state index >= 15 is 0 Å². The molecule has 1 saturated heterocycles. The molecule has 4 rings (SSSR count). The van der Waals surface area contributed by atoms with Crippen LogP contribution in [0, 0.1) is 6.92 Å². The van der Waals surface area contributed by atoms with Gasteiger partial charge >= 0.3 is 0 Å². The van der Waals surface area contributed by atoms with Crippen molar-refractivity contribution < 1.29 is 4.79 Å². The van der Waals surface area contributed by atoms with Crippen LogP contribution in [0.4, 0.5) is 11.4 Å². The summed E-state index contributed by atoms with van der Waals surface area (Å²) in [5.41, 5.74) is 5.81. The number of nitrogens with zero attached hydrogens (tertiary/aromatic N) is 1. The highest BCUT2D eigenvalue weighted by molar-refractivity contribution is 7.80. The van der Waals surface area contributed by atoms with Crippen molar-refractivity contribution in [3.63, 3.8) is 0 Å². The molecule has 0 saturated carbocycles. The number of rotatable bonds is 3. The maximum absolute atomic E-state index is 12.0. The van der Waals surface area contributed by atoms with Crippen LogP contribution >= 0.6 is 12.2 Å². The highest BCUT2D eigenvalue weighted by atomic mass is 32.1. The maximum atomic E-state index is 12.0. The van der Waals surface area contributed by atoms with Crippen LogP contribution < -0.4 is 15.5 Å². The lowest BCUT2D eigenvalue weighted by molar-refractivity contribution is -0.117. The van der Waals surface area contributed by atoms with Crippen LogP contribution in [0.5, 0.6) is 0 Å². The minimum atomic E-state index is 0.215. The molecular weight excluding hydrogens is 354 g/mol. The molecule has 4 nitrogen and oxygen atoms in total. The van der Waals surface area contributed by atoms with Gasteiger partial charge in [0.05, 0.1) is 6.04 Å². The normalized spacial score (nSPS) is 18.9. The Balaban J connectivity index is 1.43. The Morgan fingerprint density at radius 3 is 2.78 bits per heavy atom. The fraction of sp³-hybridized carbons (Fsp3) is 0.364. The minimum absolute atomic E-state index is 0.215. The zero-order valence-corrected chi connectivity index (χ0v) is 16.4. The Kier molecular flexibility index (Phi) is 5.12. The van der Waals surface area contributed by atoms with Crippen molar-refractivity contribution in [2.45, 2.75) is 45.1 Å². The van der Waals surface area contributed by atoms with Gasteiger partial charge in [0.15, 0.2) is 5.11 Å². The fourth-order valence-corrected chi connectivity index (χ4v) is 4.43. The van der Waals surface area contributed by atoms with Gasteiger partial charge in [0, 0.05) is 24.3 Å². The van der Waals surface area contributed by atoms with Crippen LogP contribution in [-0.4, -0.2) is 17.6 Å². The van der Waals surface area contributed by atoms with E-state index in [1.165, 1.54) is 17.5 Å². The molecule has 2 N–H and O–H groups in total. The van der Waals surface area contributed by atoms with Crippen LogP contribution in [0.2, 0.25) is 0 Å². The van der Waals surface area contributed by atoms with E-state index < -0.39 is 0 Å². The highest BCUT2D eigenvalue weighted by Gasteiger charge is 2.23. The second-order valence-electron chi connectivity index (χ2n) is 7.39. The molecule has 2 aromatic rings. The Labute approximate surface area is 166 Å². The molecule has 140 valence electrons. The molecule has 2 aromatic carbocycles. The molecule has 0 radical (unpaired) electrons. The number of aryl methyl sites for hydroxylation is 2. The number of thiocarbonyl (C=S) groups is 1. The first-order valence-corrected chi connectivity index (χ1v) is 10.1. The fourth-order valence-electron chi connectivity index (χ4n) is 4.17. The van der Waals surface area contributed by atoms with Gasteiger partial charge in [0.25, 0.3) is 0 Å². The lowest BCUT2D eigenvalue weighted by atomic mass is 9.88. The van der Waals surface area contributed by atoms with E-state index in [-0.39, 0.29) is 11.9 Å². The summed E-state index contributed by atoms with van der Waals surface area (Å²) in [5.74, 6) is 0.215. The second-order valence-corrected chi connectivity index (χ2v) is 7.80. The molecule has 0 bridgehead atoms. The van der Waals surface area contributed by atoms with Gasteiger partial charge in [0.2, 0.25) is 5.91 Å². The summed E-state index contributed by atoms with van der Waals surface area (Å²) in [6, 6.07) is 14.9. The van der Waals surface area contributed by atoms with Gasteiger partial charge in [-0.15, -0.1) is 0 Å². The van der Waals surface area contributed by atoms with E-state index in [2.05, 4.69) is 41.0 Å². The van der Waals surface area contributed by atoms with Gasteiger partial charge in [-0.05, 0) is 79.7 Å². The lowest BCUT2D eigenvalue weighted by Crippen LogP contribution is -2.34. The van der Waals surface area contributed by atoms with E-state index in [4.69, 9.17) is 12.2 Å². The molecular formula is C22H25N3OS. The number of carbonyl (C=O) groups excluding carboxylic acids is 1. The monoisotopic (exact) mass is 379 g/mol. The Bertz CT molecular complexity index is 880. The smallest absolute Gasteiger partial charge is 0.227 e. The first-order chi connectivity index (χ1) is 13.1. The van der Waals surface area contributed by atoms with E-state index in [0.29, 0.717) is 11.5 Å². The summed E-state index contributed by atoms with van der Waals surface area (Å²) in [6.07, 6.45) is 5.00. The topological polar surface area (TPSA) is 44.4 Å². The summed E-state index contributed by atoms with van der Waals surface area (Å²) in [7, 11) is 0. The van der Waals surface area contributed by atoms with E-state index in [0.717, 1.165) is 42.7 Å². The summed E-state index contributed by atoms with van der Waals surface area (Å²) in [5, 5.41) is 7.42. The largest absolute Gasteiger partial charge is 0.356 e. The van der Waals surface area contributed by atoms with E-state index in [1.54, 1.807) is 0 Å². The number of hydrogen-bond donors (Lipinski definition) is 2. The third-order valence-corrected chi connectivity index (χ3v) is 5.71. The van der Waals surface area contributed by atoms with Crippen LogP contribution in [0.15, 0.2) is 42.5 Å². The number of nitrogens with one attached hydrogen (secondary N) is 2. The molecule has 27 heavy (non-hydrogen) atoms. The number of fused-ring (bicyclic) bond motifs is 1. The summed E-state index contributed by atoms with van der Waals surface area (Å²) < 4.78 is 0. The number of anilines is 2. The van der Waals surface area contributed by atoms with E-state index in [1.807, 2.05) is 24.0 Å². The van der Waals surface area contributed by atoms with Gasteiger partial charge in [-0.25, -0.2) is 0 Å². The average Bonchev–Trinajstić information content (AvgIpc) is 3.08. The van der Waals surface area contributed by atoms with Gasteiger partial charge in [-0.3, -0.25) is 4.79 Å². The third-order valence-electron chi connectivity index (χ3n) is 5.49. The first kappa shape index (κ1) is 18.0. The molecule has 1 fully saturated rings. The number of carbonyl (C=O) groups is 1. The van der Waals surface area contributed by atoms with Crippen molar-refractivity contribution in [1.82, 2.24) is 5.32 Å². The molecule has 1 aliphatic heterocycles. The van der Waals surface area contributed by atoms with Gasteiger partial charge in [-0.1, -0.05) is 24.3 Å². The van der Waals surface area contributed by atoms with Crippen molar-refractivity contribution in [3.05, 3.63) is 59.2 Å². The Morgan fingerprint density at radius 1 is 1.15 bits per heavy atom. The third kappa shape index (κ3) is 3.83. The number of amides is 1. The zero-order chi connectivity index (χ0) is 18.8. The molecule has 0 unspecified atom stereocenters. The van der Waals surface area contributed by atoms with Crippen molar-refractivity contribution >= 4 is 34.6 Å². The summed E-state index contributed by atoms with van der Waals surface area (Å²) in [6.45, 7) is 2.85. The first-order valence-electron chi connectivity index (χ1n) is 9.68. The lowest BCUT2D eigenvalue weighted by Gasteiger charge is -2.27. The number of benzene rings is 2. The standard InChI is InChI=1S/C22H25N3OS/c1-15-14-17(11-12-20(15)25-13-5-10-21(25)26)23-22(27)24-19-9-4-7-16-6-2-3-8-18(16)19/h2-3,6,8,11-12,14,19H,4-5,7,9-10,13H2,1H3,(H2,23,24,27)/t19-/m1/s1. The maximum Gasteiger partial charge on any atom is 0.227 e. The molecule has 1 heterocycles.